The van der Waals surface area contributed by atoms with Gasteiger partial charge < -0.3 is 13.9 Å². The lowest BCUT2D eigenvalue weighted by Gasteiger charge is -2.21. The van der Waals surface area contributed by atoms with Crippen LogP contribution in [0.5, 0.6) is 0 Å². The Morgan fingerprint density at radius 2 is 2.00 bits per heavy atom. The van der Waals surface area contributed by atoms with Crippen molar-refractivity contribution >= 4 is 26.9 Å². The average molecular weight is 419 g/mol. The first-order valence-electron chi connectivity index (χ1n) is 8.83. The van der Waals surface area contributed by atoms with Crippen LogP contribution in [0.25, 0.3) is 10.9 Å². The minimum absolute atomic E-state index is 0.0245. The minimum Gasteiger partial charge on any atom is -0.464 e. The lowest BCUT2D eigenvalue weighted by molar-refractivity contribution is 0.0594. The van der Waals surface area contributed by atoms with Crippen molar-refractivity contribution in [3.05, 3.63) is 54.4 Å². The van der Waals surface area contributed by atoms with E-state index in [2.05, 4.69) is 14.7 Å². The zero-order valence-electron chi connectivity index (χ0n) is 16.1. The Morgan fingerprint density at radius 3 is 2.76 bits per heavy atom. The van der Waals surface area contributed by atoms with Gasteiger partial charge in [0.1, 0.15) is 11.2 Å². The SMILES string of the molecule is COCCCN(Cc1nc(C(=O)OC)co1)S(=O)(=O)c1cccc2cccnc12. The number of carbonyl (C=O) groups is 1. The average Bonchev–Trinajstić information content (AvgIpc) is 3.20. The zero-order chi connectivity index (χ0) is 20.9. The molecular weight excluding hydrogens is 398 g/mol. The van der Waals surface area contributed by atoms with Gasteiger partial charge in [-0.25, -0.2) is 18.2 Å². The Morgan fingerprint density at radius 1 is 1.21 bits per heavy atom. The first-order valence-corrected chi connectivity index (χ1v) is 10.3. The van der Waals surface area contributed by atoms with Gasteiger partial charge >= 0.3 is 5.97 Å². The molecule has 0 aliphatic carbocycles. The standard InChI is InChI=1S/C19H21N3O6S/c1-26-11-5-10-22(12-17-21-15(13-28-17)19(23)27-2)29(24,25)16-8-3-6-14-7-4-9-20-18(14)16/h3-4,6-9,13H,5,10-12H2,1-2H3. The number of pyridine rings is 1. The van der Waals surface area contributed by atoms with Crippen molar-refractivity contribution < 1.29 is 27.1 Å². The van der Waals surface area contributed by atoms with E-state index in [1.54, 1.807) is 37.6 Å². The first-order chi connectivity index (χ1) is 14.0. The molecule has 0 N–H and O–H groups in total. The van der Waals surface area contributed by atoms with Gasteiger partial charge in [-0.1, -0.05) is 18.2 Å². The summed E-state index contributed by atoms with van der Waals surface area (Å²) in [6.07, 6.45) is 3.16. The maximum atomic E-state index is 13.4. The molecule has 2 heterocycles. The number of carbonyl (C=O) groups excluding carboxylic acids is 1. The van der Waals surface area contributed by atoms with Gasteiger partial charge in [0.15, 0.2) is 5.69 Å². The van der Waals surface area contributed by atoms with E-state index in [1.165, 1.54) is 17.5 Å². The van der Waals surface area contributed by atoms with Crippen LogP contribution in [0.15, 0.2) is 52.1 Å². The molecule has 0 bridgehead atoms. The molecule has 0 aliphatic heterocycles. The molecule has 0 aliphatic rings. The fourth-order valence-corrected chi connectivity index (χ4v) is 4.42. The Kier molecular flexibility index (Phi) is 6.57. The van der Waals surface area contributed by atoms with Gasteiger partial charge in [0.25, 0.3) is 0 Å². The van der Waals surface area contributed by atoms with Crippen LogP contribution in [-0.2, 0) is 26.0 Å². The second kappa shape index (κ2) is 9.12. The Labute approximate surface area is 168 Å². The van der Waals surface area contributed by atoms with Crippen LogP contribution in [0.1, 0.15) is 22.8 Å². The monoisotopic (exact) mass is 419 g/mol. The largest absolute Gasteiger partial charge is 0.464 e. The van der Waals surface area contributed by atoms with Crippen molar-refractivity contribution in [3.8, 4) is 0 Å². The highest BCUT2D eigenvalue weighted by atomic mass is 32.2. The minimum atomic E-state index is -3.92. The third-order valence-electron chi connectivity index (χ3n) is 4.23. The number of methoxy groups -OCH3 is 2. The van der Waals surface area contributed by atoms with Gasteiger partial charge in [0, 0.05) is 31.8 Å². The smallest absolute Gasteiger partial charge is 0.360 e. The van der Waals surface area contributed by atoms with Crippen molar-refractivity contribution in [2.45, 2.75) is 17.9 Å². The molecule has 2 aromatic heterocycles. The summed E-state index contributed by atoms with van der Waals surface area (Å²) >= 11 is 0. The van der Waals surface area contributed by atoms with Gasteiger partial charge in [0.2, 0.25) is 15.9 Å². The van der Waals surface area contributed by atoms with Crippen LogP contribution in [0.3, 0.4) is 0 Å². The van der Waals surface area contributed by atoms with E-state index < -0.39 is 16.0 Å². The quantitative estimate of drug-likeness (QED) is 0.383. The molecule has 1 aromatic carbocycles. The van der Waals surface area contributed by atoms with Crippen molar-refractivity contribution in [2.75, 3.05) is 27.4 Å². The summed E-state index contributed by atoms with van der Waals surface area (Å²) < 4.78 is 43.0. The number of esters is 1. The van der Waals surface area contributed by atoms with Crippen molar-refractivity contribution in [3.63, 3.8) is 0 Å². The van der Waals surface area contributed by atoms with Crippen LogP contribution in [0, 0.1) is 0 Å². The lowest BCUT2D eigenvalue weighted by atomic mass is 10.2. The summed E-state index contributed by atoms with van der Waals surface area (Å²) in [5.41, 5.74) is 0.359. The fourth-order valence-electron chi connectivity index (χ4n) is 2.83. The first kappa shape index (κ1) is 20.9. The topological polar surface area (TPSA) is 112 Å². The summed E-state index contributed by atoms with van der Waals surface area (Å²) in [4.78, 5) is 19.9. The van der Waals surface area contributed by atoms with E-state index >= 15 is 0 Å². The second-order valence-corrected chi connectivity index (χ2v) is 8.04. The van der Waals surface area contributed by atoms with Crippen LogP contribution in [-0.4, -0.2) is 56.0 Å². The van der Waals surface area contributed by atoms with E-state index in [-0.39, 0.29) is 29.6 Å². The van der Waals surface area contributed by atoms with E-state index in [0.717, 1.165) is 11.6 Å². The third-order valence-corrected chi connectivity index (χ3v) is 6.10. The summed E-state index contributed by atoms with van der Waals surface area (Å²) in [5.74, 6) is -0.577. The third kappa shape index (κ3) is 4.61. The molecule has 0 unspecified atom stereocenters. The van der Waals surface area contributed by atoms with E-state index in [9.17, 15) is 13.2 Å². The highest BCUT2D eigenvalue weighted by Crippen LogP contribution is 2.25. The maximum absolute atomic E-state index is 13.4. The van der Waals surface area contributed by atoms with Crippen molar-refractivity contribution in [1.29, 1.82) is 0 Å². The number of hydrogen-bond donors (Lipinski definition) is 0. The number of aromatic nitrogens is 2. The van der Waals surface area contributed by atoms with E-state index in [0.29, 0.717) is 18.5 Å². The number of ether oxygens (including phenoxy) is 2. The summed E-state index contributed by atoms with van der Waals surface area (Å²) in [7, 11) is -1.15. The molecule has 0 saturated carbocycles. The normalized spacial score (nSPS) is 11.8. The predicted molar refractivity (Wildman–Crippen MR) is 104 cm³/mol. The van der Waals surface area contributed by atoms with Crippen LogP contribution < -0.4 is 0 Å². The number of oxazole rings is 1. The zero-order valence-corrected chi connectivity index (χ0v) is 16.9. The van der Waals surface area contributed by atoms with E-state index in [1.807, 2.05) is 0 Å². The number of fused-ring (bicyclic) bond motifs is 1. The predicted octanol–water partition coefficient (Wildman–Crippen LogP) is 2.24. The van der Waals surface area contributed by atoms with Crippen LogP contribution in [0.4, 0.5) is 0 Å². The van der Waals surface area contributed by atoms with Gasteiger partial charge in [-0.3, -0.25) is 4.98 Å². The highest BCUT2D eigenvalue weighted by molar-refractivity contribution is 7.89. The van der Waals surface area contributed by atoms with Crippen LogP contribution in [0.2, 0.25) is 0 Å². The van der Waals surface area contributed by atoms with Crippen LogP contribution >= 0.6 is 0 Å². The molecule has 29 heavy (non-hydrogen) atoms. The van der Waals surface area contributed by atoms with Gasteiger partial charge in [0.05, 0.1) is 19.2 Å². The fraction of sp³-hybridized carbons (Fsp3) is 0.316. The van der Waals surface area contributed by atoms with E-state index in [4.69, 9.17) is 9.15 Å². The molecule has 3 rings (SSSR count). The molecule has 9 nitrogen and oxygen atoms in total. The molecule has 154 valence electrons. The lowest BCUT2D eigenvalue weighted by Crippen LogP contribution is -2.32. The molecule has 10 heteroatoms. The molecule has 3 aromatic rings. The molecule has 0 radical (unpaired) electrons. The Balaban J connectivity index is 1.96. The molecule has 0 amide bonds. The molecule has 0 spiro atoms. The number of hydrogen-bond acceptors (Lipinski definition) is 8. The number of nitrogens with zero attached hydrogens (tertiary/aromatic N) is 3. The molecule has 0 atom stereocenters. The number of rotatable bonds is 9. The van der Waals surface area contributed by atoms with Gasteiger partial charge in [-0.2, -0.15) is 4.31 Å². The number of para-hydroxylation sites is 1. The summed E-state index contributed by atoms with van der Waals surface area (Å²) in [6.45, 7) is 0.417. The number of benzene rings is 1. The maximum Gasteiger partial charge on any atom is 0.360 e. The summed E-state index contributed by atoms with van der Waals surface area (Å²) in [6, 6.07) is 8.53. The van der Waals surface area contributed by atoms with Crippen molar-refractivity contribution in [2.24, 2.45) is 0 Å². The number of sulfonamides is 1. The summed E-state index contributed by atoms with van der Waals surface area (Å²) in [5, 5.41) is 0.717. The van der Waals surface area contributed by atoms with Crippen molar-refractivity contribution in [1.82, 2.24) is 14.3 Å². The highest BCUT2D eigenvalue weighted by Gasteiger charge is 2.28. The molecule has 0 saturated heterocycles. The second-order valence-electron chi connectivity index (χ2n) is 6.13. The molecular formula is C19H21N3O6S. The van der Waals surface area contributed by atoms with Gasteiger partial charge in [-0.05, 0) is 18.6 Å². The Bertz CT molecular complexity index is 1090. The van der Waals surface area contributed by atoms with Gasteiger partial charge in [-0.15, -0.1) is 0 Å². The Hall–Kier alpha value is -2.82. The molecule has 0 fully saturated rings.